The molecule has 110 valence electrons. The predicted octanol–water partition coefficient (Wildman–Crippen LogP) is 3.44. The van der Waals surface area contributed by atoms with Crippen LogP contribution in [0.15, 0.2) is 30.5 Å². The van der Waals surface area contributed by atoms with Crippen LogP contribution in [0.25, 0.3) is 11.0 Å². The Labute approximate surface area is 128 Å². The zero-order valence-corrected chi connectivity index (χ0v) is 13.4. The molecule has 1 atom stereocenters. The summed E-state index contributed by atoms with van der Waals surface area (Å²) < 4.78 is 2.16. The van der Waals surface area contributed by atoms with Crippen LogP contribution in [0.3, 0.4) is 0 Å². The van der Waals surface area contributed by atoms with Gasteiger partial charge in [-0.3, -0.25) is 0 Å². The Morgan fingerprint density at radius 3 is 2.86 bits per heavy atom. The number of benzene rings is 1. The number of imidazole rings is 1. The molecule has 1 unspecified atom stereocenters. The molecule has 3 aromatic rings. The molecule has 21 heavy (non-hydrogen) atoms. The van der Waals surface area contributed by atoms with Gasteiger partial charge in [0.05, 0.1) is 17.1 Å². The minimum absolute atomic E-state index is 0.191. The molecular formula is C16H20N4S. The van der Waals surface area contributed by atoms with Crippen molar-refractivity contribution in [2.45, 2.75) is 32.9 Å². The van der Waals surface area contributed by atoms with Crippen LogP contribution in [0.4, 0.5) is 0 Å². The number of nitrogens with one attached hydrogen (secondary N) is 1. The van der Waals surface area contributed by atoms with Crippen LogP contribution < -0.4 is 5.32 Å². The number of hydrogen-bond donors (Lipinski definition) is 1. The monoisotopic (exact) mass is 300 g/mol. The van der Waals surface area contributed by atoms with Crippen molar-refractivity contribution in [3.8, 4) is 0 Å². The number of aryl methyl sites for hydroxylation is 2. The van der Waals surface area contributed by atoms with Crippen molar-refractivity contribution in [1.29, 1.82) is 0 Å². The van der Waals surface area contributed by atoms with Gasteiger partial charge in [-0.1, -0.05) is 19.1 Å². The number of fused-ring (bicyclic) bond motifs is 1. The summed E-state index contributed by atoms with van der Waals surface area (Å²) in [5.41, 5.74) is 2.22. The van der Waals surface area contributed by atoms with Crippen molar-refractivity contribution in [1.82, 2.24) is 19.9 Å². The molecule has 2 aromatic heterocycles. The van der Waals surface area contributed by atoms with Crippen molar-refractivity contribution in [3.05, 3.63) is 46.2 Å². The lowest BCUT2D eigenvalue weighted by atomic mass is 10.3. The molecule has 0 aliphatic carbocycles. The highest BCUT2D eigenvalue weighted by Crippen LogP contribution is 2.20. The van der Waals surface area contributed by atoms with E-state index in [2.05, 4.69) is 47.9 Å². The van der Waals surface area contributed by atoms with E-state index < -0.39 is 0 Å². The molecule has 0 radical (unpaired) electrons. The Morgan fingerprint density at radius 1 is 1.33 bits per heavy atom. The van der Waals surface area contributed by atoms with Crippen molar-refractivity contribution in [3.63, 3.8) is 0 Å². The van der Waals surface area contributed by atoms with E-state index in [1.54, 1.807) is 11.3 Å². The van der Waals surface area contributed by atoms with Gasteiger partial charge in [-0.2, -0.15) is 0 Å². The molecule has 0 spiro atoms. The number of rotatable bonds is 5. The highest BCUT2D eigenvalue weighted by atomic mass is 32.1. The summed E-state index contributed by atoms with van der Waals surface area (Å²) in [6, 6.07) is 8.43. The average molecular weight is 300 g/mol. The van der Waals surface area contributed by atoms with E-state index in [0.717, 1.165) is 29.3 Å². The van der Waals surface area contributed by atoms with Crippen LogP contribution in [-0.2, 0) is 20.0 Å². The van der Waals surface area contributed by atoms with E-state index in [1.807, 2.05) is 18.3 Å². The number of hydrogen-bond acceptors (Lipinski definition) is 4. The largest absolute Gasteiger partial charge is 0.330 e. The van der Waals surface area contributed by atoms with E-state index >= 15 is 0 Å². The molecule has 1 aromatic carbocycles. The van der Waals surface area contributed by atoms with Gasteiger partial charge >= 0.3 is 0 Å². The first-order valence-corrected chi connectivity index (χ1v) is 8.09. The van der Waals surface area contributed by atoms with Crippen LogP contribution in [0.5, 0.6) is 0 Å². The summed E-state index contributed by atoms with van der Waals surface area (Å²) >= 11 is 1.78. The molecular weight excluding hydrogens is 280 g/mol. The highest BCUT2D eigenvalue weighted by molar-refractivity contribution is 7.11. The summed E-state index contributed by atoms with van der Waals surface area (Å²) in [4.78, 5) is 10.5. The van der Waals surface area contributed by atoms with Gasteiger partial charge in [0, 0.05) is 24.7 Å². The molecule has 0 fully saturated rings. The third kappa shape index (κ3) is 2.84. The third-order valence-electron chi connectivity index (χ3n) is 3.72. The standard InChI is InChI=1S/C16H20N4S/c1-4-12-9-18-15(21-12)10-17-11(2)16-19-13-7-5-6-8-14(13)20(16)3/h5-9,11,17H,4,10H2,1-3H3. The Bertz CT molecular complexity index is 744. The quantitative estimate of drug-likeness (QED) is 0.785. The van der Waals surface area contributed by atoms with Gasteiger partial charge in [0.1, 0.15) is 10.8 Å². The second-order valence-electron chi connectivity index (χ2n) is 5.19. The zero-order valence-electron chi connectivity index (χ0n) is 12.6. The van der Waals surface area contributed by atoms with Crippen molar-refractivity contribution in [2.24, 2.45) is 7.05 Å². The summed E-state index contributed by atoms with van der Waals surface area (Å²) in [5.74, 6) is 1.06. The fraction of sp³-hybridized carbons (Fsp3) is 0.375. The van der Waals surface area contributed by atoms with Crippen LogP contribution in [0, 0.1) is 0 Å². The summed E-state index contributed by atoms with van der Waals surface area (Å²) in [6.45, 7) is 5.09. The molecule has 0 saturated heterocycles. The summed E-state index contributed by atoms with van der Waals surface area (Å²) in [7, 11) is 2.07. The van der Waals surface area contributed by atoms with Gasteiger partial charge in [0.15, 0.2) is 0 Å². The molecule has 4 nitrogen and oxygen atoms in total. The Kier molecular flexibility index (Phi) is 4.03. The van der Waals surface area contributed by atoms with Gasteiger partial charge in [0.2, 0.25) is 0 Å². The molecule has 0 saturated carbocycles. The third-order valence-corrected chi connectivity index (χ3v) is 4.86. The summed E-state index contributed by atoms with van der Waals surface area (Å²) in [5, 5.41) is 4.66. The van der Waals surface area contributed by atoms with Crippen LogP contribution in [0.2, 0.25) is 0 Å². The SMILES string of the molecule is CCc1cnc(CNC(C)c2nc3ccccc3n2C)s1. The first-order chi connectivity index (χ1) is 10.2. The Balaban J connectivity index is 1.74. The smallest absolute Gasteiger partial charge is 0.126 e. The van der Waals surface area contributed by atoms with Gasteiger partial charge in [-0.15, -0.1) is 11.3 Å². The second kappa shape index (κ2) is 5.95. The second-order valence-corrected chi connectivity index (χ2v) is 6.39. The molecule has 1 N–H and O–H groups in total. The van der Waals surface area contributed by atoms with E-state index in [9.17, 15) is 0 Å². The lowest BCUT2D eigenvalue weighted by molar-refractivity contribution is 0.532. The van der Waals surface area contributed by atoms with Crippen LogP contribution in [0.1, 0.15) is 35.6 Å². The number of para-hydroxylation sites is 2. The van der Waals surface area contributed by atoms with Crippen LogP contribution >= 0.6 is 11.3 Å². The Morgan fingerprint density at radius 2 is 2.14 bits per heavy atom. The lowest BCUT2D eigenvalue weighted by Crippen LogP contribution is -2.21. The van der Waals surface area contributed by atoms with Gasteiger partial charge in [-0.25, -0.2) is 9.97 Å². The minimum Gasteiger partial charge on any atom is -0.330 e. The number of aromatic nitrogens is 3. The zero-order chi connectivity index (χ0) is 14.8. The molecule has 0 aliphatic rings. The number of thiazole rings is 1. The average Bonchev–Trinajstić information content (AvgIpc) is 3.10. The van der Waals surface area contributed by atoms with E-state index in [1.165, 1.54) is 10.4 Å². The van der Waals surface area contributed by atoms with Gasteiger partial charge < -0.3 is 9.88 Å². The predicted molar refractivity (Wildman–Crippen MR) is 87.5 cm³/mol. The molecule has 3 rings (SSSR count). The molecule has 5 heteroatoms. The summed E-state index contributed by atoms with van der Waals surface area (Å²) in [6.07, 6.45) is 3.03. The van der Waals surface area contributed by atoms with Crippen LogP contribution in [-0.4, -0.2) is 14.5 Å². The first-order valence-electron chi connectivity index (χ1n) is 7.27. The minimum atomic E-state index is 0.191. The fourth-order valence-electron chi connectivity index (χ4n) is 2.48. The van der Waals surface area contributed by atoms with E-state index in [-0.39, 0.29) is 6.04 Å². The molecule has 0 bridgehead atoms. The van der Waals surface area contributed by atoms with Gasteiger partial charge in [-0.05, 0) is 25.5 Å². The van der Waals surface area contributed by atoms with Crippen molar-refractivity contribution in [2.75, 3.05) is 0 Å². The van der Waals surface area contributed by atoms with Crippen molar-refractivity contribution >= 4 is 22.4 Å². The highest BCUT2D eigenvalue weighted by Gasteiger charge is 2.14. The maximum atomic E-state index is 4.73. The topological polar surface area (TPSA) is 42.7 Å². The number of nitrogens with zero attached hydrogens (tertiary/aromatic N) is 3. The van der Waals surface area contributed by atoms with E-state index in [4.69, 9.17) is 4.98 Å². The molecule has 0 amide bonds. The Hall–Kier alpha value is -1.72. The molecule has 0 aliphatic heterocycles. The normalized spacial score (nSPS) is 12.9. The fourth-order valence-corrected chi connectivity index (χ4v) is 3.29. The van der Waals surface area contributed by atoms with E-state index in [0.29, 0.717) is 0 Å². The van der Waals surface area contributed by atoms with Crippen molar-refractivity contribution < 1.29 is 0 Å². The maximum absolute atomic E-state index is 4.73. The maximum Gasteiger partial charge on any atom is 0.126 e. The first kappa shape index (κ1) is 14.2. The van der Waals surface area contributed by atoms with Gasteiger partial charge in [0.25, 0.3) is 0 Å². The molecule has 2 heterocycles. The lowest BCUT2D eigenvalue weighted by Gasteiger charge is -2.12.